The summed E-state index contributed by atoms with van der Waals surface area (Å²) in [7, 11) is 0. The van der Waals surface area contributed by atoms with Gasteiger partial charge in [0.1, 0.15) is 5.82 Å². The van der Waals surface area contributed by atoms with Crippen LogP contribution in [0.2, 0.25) is 0 Å². The molecule has 4 rings (SSSR count). The fourth-order valence-electron chi connectivity index (χ4n) is 2.92. The molecule has 2 heterocycles. The zero-order chi connectivity index (χ0) is 19.0. The van der Waals surface area contributed by atoms with E-state index in [4.69, 9.17) is 9.47 Å². The molecule has 0 radical (unpaired) electrons. The maximum Gasteiger partial charge on any atom is 0.274 e. The molecule has 0 fully saturated rings. The number of imidazole rings is 1. The molecule has 0 aliphatic carbocycles. The maximum absolute atomic E-state index is 13.1. The van der Waals surface area contributed by atoms with E-state index < -0.39 is 0 Å². The fourth-order valence-corrected chi connectivity index (χ4v) is 3.91. The van der Waals surface area contributed by atoms with Crippen molar-refractivity contribution in [3.63, 3.8) is 0 Å². The number of aromatic nitrogens is 2. The van der Waals surface area contributed by atoms with Crippen molar-refractivity contribution >= 4 is 33.4 Å². The van der Waals surface area contributed by atoms with Crippen molar-refractivity contribution in [1.29, 1.82) is 0 Å². The first-order valence-electron chi connectivity index (χ1n) is 8.62. The number of nitrogens with zero attached hydrogens (tertiary/aromatic N) is 2. The number of fused-ring (bicyclic) bond motifs is 3. The van der Waals surface area contributed by atoms with Gasteiger partial charge in [-0.05, 0) is 37.6 Å². The minimum Gasteiger partial charge on any atom is -0.490 e. The third-order valence-electron chi connectivity index (χ3n) is 4.07. The lowest BCUT2D eigenvalue weighted by molar-refractivity contribution is 0.288. The Morgan fingerprint density at radius 1 is 1.11 bits per heavy atom. The number of halogens is 1. The summed E-state index contributed by atoms with van der Waals surface area (Å²) in [6.45, 7) is 4.80. The van der Waals surface area contributed by atoms with Crippen LogP contribution >= 0.6 is 11.3 Å². The van der Waals surface area contributed by atoms with Gasteiger partial charge in [0.15, 0.2) is 16.5 Å². The Bertz CT molecular complexity index is 1230. The van der Waals surface area contributed by atoms with Gasteiger partial charge in [0, 0.05) is 12.1 Å². The normalized spacial score (nSPS) is 12.2. The molecule has 0 amide bonds. The maximum atomic E-state index is 13.1. The smallest absolute Gasteiger partial charge is 0.274 e. The van der Waals surface area contributed by atoms with Gasteiger partial charge in [-0.25, -0.2) is 13.8 Å². The lowest BCUT2D eigenvalue weighted by Gasteiger charge is -2.10. The summed E-state index contributed by atoms with van der Waals surface area (Å²) in [6, 6.07) is 9.60. The van der Waals surface area contributed by atoms with Crippen molar-refractivity contribution in [1.82, 2.24) is 9.38 Å². The van der Waals surface area contributed by atoms with Crippen molar-refractivity contribution in [2.24, 2.45) is 0 Å². The Hall–Kier alpha value is -2.93. The van der Waals surface area contributed by atoms with Crippen LogP contribution in [0, 0.1) is 5.82 Å². The van der Waals surface area contributed by atoms with Crippen LogP contribution in [-0.4, -0.2) is 22.6 Å². The molecular formula is C20H17FN2O3S. The highest BCUT2D eigenvalue weighted by molar-refractivity contribution is 7.15. The molecule has 0 atom stereocenters. The lowest BCUT2D eigenvalue weighted by atomic mass is 10.2. The van der Waals surface area contributed by atoms with Gasteiger partial charge in [-0.15, -0.1) is 0 Å². The molecule has 27 heavy (non-hydrogen) atoms. The molecule has 4 aromatic rings. The summed E-state index contributed by atoms with van der Waals surface area (Å²) in [5.41, 5.74) is 1.96. The summed E-state index contributed by atoms with van der Waals surface area (Å²) >= 11 is 1.30. The second kappa shape index (κ2) is 7.00. The number of benzene rings is 2. The Kier molecular flexibility index (Phi) is 4.53. The number of hydrogen-bond donors (Lipinski definition) is 0. The molecule has 2 aromatic heterocycles. The fraction of sp³-hybridized carbons (Fsp3) is 0.200. The molecule has 0 saturated heterocycles. The summed E-state index contributed by atoms with van der Waals surface area (Å²) in [5, 5.41) is 0. The molecular weight excluding hydrogens is 367 g/mol. The first kappa shape index (κ1) is 17.5. The molecule has 5 nitrogen and oxygen atoms in total. The highest BCUT2D eigenvalue weighted by atomic mass is 32.1. The lowest BCUT2D eigenvalue weighted by Crippen LogP contribution is -2.22. The summed E-state index contributed by atoms with van der Waals surface area (Å²) < 4.78 is 26.5. The Morgan fingerprint density at radius 3 is 2.44 bits per heavy atom. The Morgan fingerprint density at radius 2 is 1.78 bits per heavy atom. The highest BCUT2D eigenvalue weighted by Crippen LogP contribution is 2.33. The molecule has 7 heteroatoms. The zero-order valence-corrected chi connectivity index (χ0v) is 15.7. The minimum absolute atomic E-state index is 0.159. The van der Waals surface area contributed by atoms with E-state index in [0.717, 1.165) is 5.56 Å². The average molecular weight is 384 g/mol. The van der Waals surface area contributed by atoms with Gasteiger partial charge in [0.05, 0.1) is 28.8 Å². The molecule has 0 N–H and O–H groups in total. The van der Waals surface area contributed by atoms with Crippen LogP contribution < -0.4 is 19.6 Å². The van der Waals surface area contributed by atoms with Crippen molar-refractivity contribution in [3.8, 4) is 11.5 Å². The van der Waals surface area contributed by atoms with Crippen molar-refractivity contribution in [3.05, 3.63) is 62.7 Å². The van der Waals surface area contributed by atoms with Gasteiger partial charge in [-0.3, -0.25) is 4.79 Å². The second-order valence-corrected chi connectivity index (χ2v) is 6.86. The minimum atomic E-state index is -0.310. The van der Waals surface area contributed by atoms with Crippen LogP contribution in [0.25, 0.3) is 22.1 Å². The van der Waals surface area contributed by atoms with Crippen LogP contribution in [-0.2, 0) is 0 Å². The van der Waals surface area contributed by atoms with E-state index in [1.54, 1.807) is 34.7 Å². The highest BCUT2D eigenvalue weighted by Gasteiger charge is 2.15. The molecule has 0 aliphatic heterocycles. The Balaban J connectivity index is 1.91. The molecule has 0 aliphatic rings. The van der Waals surface area contributed by atoms with E-state index >= 15 is 0 Å². The molecule has 0 spiro atoms. The molecule has 138 valence electrons. The molecule has 0 saturated carbocycles. The van der Waals surface area contributed by atoms with Gasteiger partial charge >= 0.3 is 0 Å². The van der Waals surface area contributed by atoms with E-state index in [9.17, 15) is 9.18 Å². The van der Waals surface area contributed by atoms with E-state index in [2.05, 4.69) is 4.98 Å². The predicted molar refractivity (Wildman–Crippen MR) is 104 cm³/mol. The van der Waals surface area contributed by atoms with Crippen molar-refractivity contribution < 1.29 is 13.9 Å². The number of hydrogen-bond acceptors (Lipinski definition) is 5. The van der Waals surface area contributed by atoms with Crippen LogP contribution in [0.4, 0.5) is 4.39 Å². The van der Waals surface area contributed by atoms with Crippen LogP contribution in [0.1, 0.15) is 19.4 Å². The quantitative estimate of drug-likeness (QED) is 0.529. The van der Waals surface area contributed by atoms with E-state index in [1.807, 2.05) is 13.8 Å². The Labute approximate surface area is 158 Å². The first-order valence-corrected chi connectivity index (χ1v) is 9.44. The number of rotatable bonds is 5. The molecule has 0 unspecified atom stereocenters. The second-order valence-electron chi connectivity index (χ2n) is 5.85. The average Bonchev–Trinajstić information content (AvgIpc) is 3.14. The van der Waals surface area contributed by atoms with Gasteiger partial charge in [-0.1, -0.05) is 23.5 Å². The van der Waals surface area contributed by atoms with Gasteiger partial charge in [0.25, 0.3) is 5.56 Å². The van der Waals surface area contributed by atoms with Gasteiger partial charge in [0.2, 0.25) is 0 Å². The van der Waals surface area contributed by atoms with E-state index in [-0.39, 0.29) is 11.4 Å². The zero-order valence-electron chi connectivity index (χ0n) is 14.9. The topological polar surface area (TPSA) is 52.8 Å². The molecule has 0 bridgehead atoms. The number of thiazole rings is 1. The summed E-state index contributed by atoms with van der Waals surface area (Å²) in [4.78, 5) is 18.1. The molecule has 2 aromatic carbocycles. The van der Waals surface area contributed by atoms with Crippen LogP contribution in [0.5, 0.6) is 11.5 Å². The largest absolute Gasteiger partial charge is 0.490 e. The van der Waals surface area contributed by atoms with Gasteiger partial charge < -0.3 is 9.47 Å². The summed E-state index contributed by atoms with van der Waals surface area (Å²) in [5.74, 6) is 0.890. The van der Waals surface area contributed by atoms with Gasteiger partial charge in [-0.2, -0.15) is 0 Å². The van der Waals surface area contributed by atoms with E-state index in [0.29, 0.717) is 45.2 Å². The predicted octanol–water partition coefficient (Wildman–Crippen LogP) is 3.39. The van der Waals surface area contributed by atoms with Crippen molar-refractivity contribution in [2.45, 2.75) is 13.8 Å². The standard InChI is InChI=1S/C20H17FN2O3S/c1-3-25-16-10-14-15(11-17(16)26-4-2)23-19(24)18(27-20(23)22-14)9-12-5-7-13(21)8-6-12/h5-11H,3-4H2,1-2H3/b18-9-. The third-order valence-corrected chi connectivity index (χ3v) is 5.04. The number of ether oxygens (including phenoxy) is 2. The SMILES string of the molecule is CCOc1cc2nc3s/c(=C\c4ccc(F)cc4)c(=O)n3c2cc1OCC. The van der Waals surface area contributed by atoms with Crippen LogP contribution in [0.15, 0.2) is 41.2 Å². The third kappa shape index (κ3) is 3.14. The van der Waals surface area contributed by atoms with Crippen molar-refractivity contribution in [2.75, 3.05) is 13.2 Å². The van der Waals surface area contributed by atoms with Crippen LogP contribution in [0.3, 0.4) is 0 Å². The first-order chi connectivity index (χ1) is 13.1. The van der Waals surface area contributed by atoms with E-state index in [1.165, 1.54) is 23.5 Å². The summed E-state index contributed by atoms with van der Waals surface area (Å²) in [6.07, 6.45) is 1.74. The monoisotopic (exact) mass is 384 g/mol.